The molecule has 1 amide bonds. The number of hydrogen-bond acceptors (Lipinski definition) is 2. The third-order valence-corrected chi connectivity index (χ3v) is 2.54. The van der Waals surface area contributed by atoms with Gasteiger partial charge in [0.25, 0.3) is 0 Å². The Morgan fingerprint density at radius 3 is 2.38 bits per heavy atom. The molecule has 2 N–H and O–H groups in total. The molecular formula is C13H19NO2. The van der Waals surface area contributed by atoms with Crippen LogP contribution in [-0.2, 0) is 4.79 Å². The molecule has 0 aliphatic heterocycles. The predicted octanol–water partition coefficient (Wildman–Crippen LogP) is 1.60. The molecular weight excluding hydrogens is 202 g/mol. The maximum Gasteiger partial charge on any atom is 0.227 e. The molecule has 0 aliphatic rings. The summed E-state index contributed by atoms with van der Waals surface area (Å²) in [4.78, 5) is 11.7. The normalized spacial score (nSPS) is 14.2. The summed E-state index contributed by atoms with van der Waals surface area (Å²) in [5.41, 5.74) is 2.18. The summed E-state index contributed by atoms with van der Waals surface area (Å²) in [6.45, 7) is 5.83. The zero-order chi connectivity index (χ0) is 12.1. The maximum absolute atomic E-state index is 11.7. The summed E-state index contributed by atoms with van der Waals surface area (Å²) >= 11 is 0. The minimum Gasteiger partial charge on any atom is -0.392 e. The molecule has 2 unspecified atom stereocenters. The number of hydrogen-bond donors (Lipinski definition) is 2. The van der Waals surface area contributed by atoms with Crippen LogP contribution in [-0.4, -0.2) is 23.7 Å². The fourth-order valence-corrected chi connectivity index (χ4v) is 1.41. The average molecular weight is 221 g/mol. The molecule has 0 saturated carbocycles. The van der Waals surface area contributed by atoms with Crippen molar-refractivity contribution in [1.82, 2.24) is 5.32 Å². The van der Waals surface area contributed by atoms with Crippen LogP contribution in [0.1, 0.15) is 30.9 Å². The summed E-state index contributed by atoms with van der Waals surface area (Å²) in [7, 11) is 0. The number of rotatable bonds is 4. The van der Waals surface area contributed by atoms with Crippen molar-refractivity contribution in [3.63, 3.8) is 0 Å². The van der Waals surface area contributed by atoms with Crippen molar-refractivity contribution in [3.8, 4) is 0 Å². The van der Waals surface area contributed by atoms with Crippen LogP contribution in [0.2, 0.25) is 0 Å². The van der Waals surface area contributed by atoms with Crippen LogP contribution in [0, 0.1) is 6.92 Å². The Labute approximate surface area is 96.5 Å². The van der Waals surface area contributed by atoms with Crippen LogP contribution < -0.4 is 5.32 Å². The minimum atomic E-state index is -0.505. The van der Waals surface area contributed by atoms with Gasteiger partial charge in [0.1, 0.15) is 0 Å². The van der Waals surface area contributed by atoms with E-state index < -0.39 is 6.10 Å². The van der Waals surface area contributed by atoms with Gasteiger partial charge in [0, 0.05) is 6.54 Å². The van der Waals surface area contributed by atoms with Gasteiger partial charge >= 0.3 is 0 Å². The second-order valence-electron chi connectivity index (χ2n) is 4.23. The van der Waals surface area contributed by atoms with Crippen LogP contribution in [0.15, 0.2) is 24.3 Å². The van der Waals surface area contributed by atoms with Gasteiger partial charge in [0.05, 0.1) is 12.0 Å². The fourth-order valence-electron chi connectivity index (χ4n) is 1.41. The highest BCUT2D eigenvalue weighted by molar-refractivity contribution is 5.83. The van der Waals surface area contributed by atoms with E-state index in [1.807, 2.05) is 38.1 Å². The third kappa shape index (κ3) is 3.66. The van der Waals surface area contributed by atoms with E-state index in [9.17, 15) is 4.79 Å². The van der Waals surface area contributed by atoms with Crippen molar-refractivity contribution in [1.29, 1.82) is 0 Å². The summed E-state index contributed by atoms with van der Waals surface area (Å²) in [6, 6.07) is 7.91. The first kappa shape index (κ1) is 12.7. The number of nitrogens with one attached hydrogen (secondary N) is 1. The van der Waals surface area contributed by atoms with E-state index in [0.29, 0.717) is 6.54 Å². The van der Waals surface area contributed by atoms with Gasteiger partial charge in [-0.05, 0) is 26.3 Å². The molecule has 0 bridgehead atoms. The summed E-state index contributed by atoms with van der Waals surface area (Å²) < 4.78 is 0. The minimum absolute atomic E-state index is 0.0512. The summed E-state index contributed by atoms with van der Waals surface area (Å²) in [6.07, 6.45) is -0.505. The van der Waals surface area contributed by atoms with Gasteiger partial charge in [-0.15, -0.1) is 0 Å². The number of carbonyl (C=O) groups is 1. The monoisotopic (exact) mass is 221 g/mol. The highest BCUT2D eigenvalue weighted by atomic mass is 16.3. The van der Waals surface area contributed by atoms with Crippen molar-refractivity contribution in [3.05, 3.63) is 35.4 Å². The van der Waals surface area contributed by atoms with Crippen molar-refractivity contribution in [2.45, 2.75) is 32.8 Å². The van der Waals surface area contributed by atoms with Crippen molar-refractivity contribution < 1.29 is 9.90 Å². The van der Waals surface area contributed by atoms with Crippen LogP contribution >= 0.6 is 0 Å². The van der Waals surface area contributed by atoms with E-state index in [0.717, 1.165) is 5.56 Å². The number of aliphatic hydroxyl groups is 1. The highest BCUT2D eigenvalue weighted by Gasteiger charge is 2.14. The van der Waals surface area contributed by atoms with Gasteiger partial charge < -0.3 is 10.4 Å². The number of benzene rings is 1. The largest absolute Gasteiger partial charge is 0.392 e. The van der Waals surface area contributed by atoms with Gasteiger partial charge in [-0.2, -0.15) is 0 Å². The Morgan fingerprint density at radius 1 is 1.31 bits per heavy atom. The van der Waals surface area contributed by atoms with Crippen molar-refractivity contribution in [2.24, 2.45) is 0 Å². The molecule has 0 fully saturated rings. The first-order chi connectivity index (χ1) is 7.50. The molecule has 3 heteroatoms. The number of amides is 1. The third-order valence-electron chi connectivity index (χ3n) is 2.54. The van der Waals surface area contributed by atoms with E-state index in [-0.39, 0.29) is 11.8 Å². The Morgan fingerprint density at radius 2 is 1.88 bits per heavy atom. The zero-order valence-corrected chi connectivity index (χ0v) is 10.0. The maximum atomic E-state index is 11.7. The molecule has 1 rings (SSSR count). The molecule has 3 nitrogen and oxygen atoms in total. The molecule has 0 radical (unpaired) electrons. The Hall–Kier alpha value is -1.35. The second kappa shape index (κ2) is 5.66. The topological polar surface area (TPSA) is 49.3 Å². The SMILES string of the molecule is Cc1ccc(C(C)C(=O)NCC(C)O)cc1. The van der Waals surface area contributed by atoms with E-state index in [1.165, 1.54) is 5.56 Å². The number of aliphatic hydroxyl groups excluding tert-OH is 1. The molecule has 2 atom stereocenters. The van der Waals surface area contributed by atoms with Gasteiger partial charge in [0.15, 0.2) is 0 Å². The van der Waals surface area contributed by atoms with Gasteiger partial charge in [0.2, 0.25) is 5.91 Å². The first-order valence-electron chi connectivity index (χ1n) is 5.53. The van der Waals surface area contributed by atoms with Crippen molar-refractivity contribution in [2.75, 3.05) is 6.54 Å². The lowest BCUT2D eigenvalue weighted by Gasteiger charge is -2.13. The van der Waals surface area contributed by atoms with E-state index >= 15 is 0 Å². The molecule has 88 valence electrons. The van der Waals surface area contributed by atoms with Crippen LogP contribution in [0.5, 0.6) is 0 Å². The summed E-state index contributed by atoms with van der Waals surface area (Å²) in [5, 5.41) is 11.8. The highest BCUT2D eigenvalue weighted by Crippen LogP contribution is 2.15. The summed E-state index contributed by atoms with van der Waals surface area (Å²) in [5.74, 6) is -0.232. The predicted molar refractivity (Wildman–Crippen MR) is 64.3 cm³/mol. The molecule has 16 heavy (non-hydrogen) atoms. The molecule has 0 spiro atoms. The second-order valence-corrected chi connectivity index (χ2v) is 4.23. The van der Waals surface area contributed by atoms with Crippen LogP contribution in [0.3, 0.4) is 0 Å². The average Bonchev–Trinajstić information content (AvgIpc) is 2.26. The lowest BCUT2D eigenvalue weighted by molar-refractivity contribution is -0.122. The van der Waals surface area contributed by atoms with E-state index in [2.05, 4.69) is 5.32 Å². The molecule has 0 aromatic heterocycles. The number of aryl methyl sites for hydroxylation is 1. The van der Waals surface area contributed by atoms with Crippen LogP contribution in [0.25, 0.3) is 0 Å². The van der Waals surface area contributed by atoms with Gasteiger partial charge in [-0.1, -0.05) is 29.8 Å². The number of carbonyl (C=O) groups excluding carboxylic acids is 1. The van der Waals surface area contributed by atoms with E-state index in [4.69, 9.17) is 5.11 Å². The quantitative estimate of drug-likeness (QED) is 0.811. The molecule has 0 saturated heterocycles. The fraction of sp³-hybridized carbons (Fsp3) is 0.462. The van der Waals surface area contributed by atoms with Crippen LogP contribution in [0.4, 0.5) is 0 Å². The lowest BCUT2D eigenvalue weighted by atomic mass is 9.99. The first-order valence-corrected chi connectivity index (χ1v) is 5.53. The Balaban J connectivity index is 2.59. The van der Waals surface area contributed by atoms with Gasteiger partial charge in [-0.25, -0.2) is 0 Å². The Kier molecular flexibility index (Phi) is 4.50. The van der Waals surface area contributed by atoms with E-state index in [1.54, 1.807) is 6.92 Å². The Bertz CT molecular complexity index is 343. The molecule has 0 aliphatic carbocycles. The molecule has 1 aromatic carbocycles. The van der Waals surface area contributed by atoms with Gasteiger partial charge in [-0.3, -0.25) is 4.79 Å². The lowest BCUT2D eigenvalue weighted by Crippen LogP contribution is -2.33. The standard InChI is InChI=1S/C13H19NO2/c1-9-4-6-12(7-5-9)11(3)13(16)14-8-10(2)15/h4-7,10-11,15H,8H2,1-3H3,(H,14,16). The molecule has 0 heterocycles. The van der Waals surface area contributed by atoms with Crippen molar-refractivity contribution >= 4 is 5.91 Å². The molecule has 1 aromatic rings. The zero-order valence-electron chi connectivity index (χ0n) is 10.0. The smallest absolute Gasteiger partial charge is 0.227 e.